The van der Waals surface area contributed by atoms with Crippen LogP contribution in [0.4, 0.5) is 0 Å². The first-order valence-electron chi connectivity index (χ1n) is 5.15. The lowest BCUT2D eigenvalue weighted by molar-refractivity contribution is 0.0874. The average molecular weight is 251 g/mol. The van der Waals surface area contributed by atoms with Crippen LogP contribution in [0.5, 0.6) is 0 Å². The summed E-state index contributed by atoms with van der Waals surface area (Å²) in [6.45, 7) is 3.65. The van der Waals surface area contributed by atoms with Crippen LogP contribution >= 0.6 is 15.9 Å². The number of hydrogen-bond donors (Lipinski definition) is 0. The molecule has 1 heterocycles. The van der Waals surface area contributed by atoms with Gasteiger partial charge in [-0.25, -0.2) is 0 Å². The Kier molecular flexibility index (Phi) is 6.86. The summed E-state index contributed by atoms with van der Waals surface area (Å²) in [5.41, 5.74) is 0. The molecule has 13 heavy (non-hydrogen) atoms. The molecule has 0 saturated carbocycles. The maximum absolute atomic E-state index is 5.57. The first kappa shape index (κ1) is 11.5. The molecule has 0 aromatic carbocycles. The van der Waals surface area contributed by atoms with Crippen LogP contribution in [-0.4, -0.2) is 31.8 Å². The third-order valence-electron chi connectivity index (χ3n) is 2.30. The Balaban J connectivity index is 1.78. The van der Waals surface area contributed by atoms with E-state index in [-0.39, 0.29) is 0 Å². The number of halogens is 1. The number of hydrogen-bond acceptors (Lipinski definition) is 2. The molecule has 0 aromatic heterocycles. The zero-order chi connectivity index (χ0) is 9.36. The minimum Gasteiger partial charge on any atom is -0.381 e. The molecule has 1 unspecified atom stereocenters. The Hall–Kier alpha value is 0.400. The fraction of sp³-hybridized carbons (Fsp3) is 1.00. The maximum Gasteiger partial charge on any atom is 0.0517 e. The molecule has 2 nitrogen and oxygen atoms in total. The summed E-state index contributed by atoms with van der Waals surface area (Å²) < 4.78 is 10.8. The Bertz CT molecular complexity index is 113. The second kappa shape index (κ2) is 7.77. The van der Waals surface area contributed by atoms with E-state index in [9.17, 15) is 0 Å². The zero-order valence-electron chi connectivity index (χ0n) is 8.14. The summed E-state index contributed by atoms with van der Waals surface area (Å²) in [5.74, 6) is 0.663. The summed E-state index contributed by atoms with van der Waals surface area (Å²) in [5, 5.41) is 1.11. The molecule has 1 aliphatic heterocycles. The van der Waals surface area contributed by atoms with E-state index >= 15 is 0 Å². The van der Waals surface area contributed by atoms with Crippen LogP contribution < -0.4 is 0 Å². The van der Waals surface area contributed by atoms with Crippen LogP contribution in [0.2, 0.25) is 0 Å². The van der Waals surface area contributed by atoms with Crippen molar-refractivity contribution in [3.8, 4) is 0 Å². The number of alkyl halides is 1. The SMILES string of the molecule is BrCCCCCOCC1CCOC1. The first-order valence-corrected chi connectivity index (χ1v) is 6.27. The van der Waals surface area contributed by atoms with Crippen LogP contribution in [-0.2, 0) is 9.47 Å². The number of rotatable bonds is 7. The predicted molar refractivity (Wildman–Crippen MR) is 57.4 cm³/mol. The van der Waals surface area contributed by atoms with Crippen molar-refractivity contribution in [1.82, 2.24) is 0 Å². The molecule has 0 aliphatic carbocycles. The number of unbranched alkanes of at least 4 members (excludes halogenated alkanes) is 2. The molecule has 78 valence electrons. The Morgan fingerprint density at radius 2 is 2.23 bits per heavy atom. The largest absolute Gasteiger partial charge is 0.381 e. The van der Waals surface area contributed by atoms with Gasteiger partial charge in [0, 0.05) is 24.5 Å². The van der Waals surface area contributed by atoms with E-state index in [2.05, 4.69) is 15.9 Å². The number of ether oxygens (including phenoxy) is 2. The summed E-state index contributed by atoms with van der Waals surface area (Å²) in [6.07, 6.45) is 4.91. The second-order valence-corrected chi connectivity index (χ2v) is 4.35. The van der Waals surface area contributed by atoms with Gasteiger partial charge in [-0.2, -0.15) is 0 Å². The van der Waals surface area contributed by atoms with Crippen molar-refractivity contribution in [2.45, 2.75) is 25.7 Å². The molecule has 0 N–H and O–H groups in total. The highest BCUT2D eigenvalue weighted by molar-refractivity contribution is 9.09. The minimum absolute atomic E-state index is 0.663. The van der Waals surface area contributed by atoms with Crippen molar-refractivity contribution in [2.75, 3.05) is 31.8 Å². The lowest BCUT2D eigenvalue weighted by Crippen LogP contribution is -2.09. The monoisotopic (exact) mass is 250 g/mol. The van der Waals surface area contributed by atoms with E-state index in [1.54, 1.807) is 0 Å². The molecule has 0 amide bonds. The Morgan fingerprint density at radius 3 is 2.92 bits per heavy atom. The Morgan fingerprint density at radius 1 is 1.31 bits per heavy atom. The van der Waals surface area contributed by atoms with Gasteiger partial charge in [0.2, 0.25) is 0 Å². The van der Waals surface area contributed by atoms with Gasteiger partial charge < -0.3 is 9.47 Å². The molecule has 0 spiro atoms. The summed E-state index contributed by atoms with van der Waals surface area (Å²) in [4.78, 5) is 0. The van der Waals surface area contributed by atoms with Crippen molar-refractivity contribution < 1.29 is 9.47 Å². The molecule has 3 heteroatoms. The van der Waals surface area contributed by atoms with Crippen LogP contribution in [0, 0.1) is 5.92 Å². The van der Waals surface area contributed by atoms with E-state index in [4.69, 9.17) is 9.47 Å². The standard InChI is InChI=1S/C10H19BrO2/c11-5-2-1-3-6-12-8-10-4-7-13-9-10/h10H,1-9H2. The van der Waals surface area contributed by atoms with Crippen molar-refractivity contribution in [1.29, 1.82) is 0 Å². The molecule has 1 rings (SSSR count). The summed E-state index contributed by atoms with van der Waals surface area (Å²) in [7, 11) is 0. The van der Waals surface area contributed by atoms with E-state index in [0.717, 1.165) is 31.8 Å². The normalized spacial score (nSPS) is 22.4. The third-order valence-corrected chi connectivity index (χ3v) is 2.86. The van der Waals surface area contributed by atoms with Gasteiger partial charge in [0.15, 0.2) is 0 Å². The topological polar surface area (TPSA) is 18.5 Å². The average Bonchev–Trinajstić information content (AvgIpc) is 2.63. The predicted octanol–water partition coefficient (Wildman–Crippen LogP) is 2.60. The quantitative estimate of drug-likeness (QED) is 0.511. The molecule has 0 radical (unpaired) electrons. The van der Waals surface area contributed by atoms with E-state index < -0.39 is 0 Å². The fourth-order valence-electron chi connectivity index (χ4n) is 1.44. The maximum atomic E-state index is 5.57. The summed E-state index contributed by atoms with van der Waals surface area (Å²) in [6, 6.07) is 0. The van der Waals surface area contributed by atoms with Gasteiger partial charge in [0.1, 0.15) is 0 Å². The summed E-state index contributed by atoms with van der Waals surface area (Å²) >= 11 is 3.42. The van der Waals surface area contributed by atoms with Gasteiger partial charge in [-0.15, -0.1) is 0 Å². The molecule has 1 atom stereocenters. The van der Waals surface area contributed by atoms with Crippen molar-refractivity contribution >= 4 is 15.9 Å². The molecular weight excluding hydrogens is 232 g/mol. The highest BCUT2D eigenvalue weighted by Crippen LogP contribution is 2.12. The molecule has 1 aliphatic rings. The first-order chi connectivity index (χ1) is 6.43. The van der Waals surface area contributed by atoms with E-state index in [1.165, 1.54) is 25.7 Å². The molecular formula is C10H19BrO2. The van der Waals surface area contributed by atoms with Crippen LogP contribution in [0.15, 0.2) is 0 Å². The van der Waals surface area contributed by atoms with Crippen LogP contribution in [0.3, 0.4) is 0 Å². The van der Waals surface area contributed by atoms with Gasteiger partial charge in [-0.3, -0.25) is 0 Å². The van der Waals surface area contributed by atoms with Crippen molar-refractivity contribution in [3.05, 3.63) is 0 Å². The van der Waals surface area contributed by atoms with Crippen molar-refractivity contribution in [2.24, 2.45) is 5.92 Å². The fourth-order valence-corrected chi connectivity index (χ4v) is 1.84. The van der Waals surface area contributed by atoms with Crippen molar-refractivity contribution in [3.63, 3.8) is 0 Å². The zero-order valence-corrected chi connectivity index (χ0v) is 9.72. The lowest BCUT2D eigenvalue weighted by Gasteiger charge is -2.07. The smallest absolute Gasteiger partial charge is 0.0517 e. The molecule has 0 aromatic rings. The highest BCUT2D eigenvalue weighted by atomic mass is 79.9. The third kappa shape index (κ3) is 5.66. The minimum atomic E-state index is 0.663. The molecule has 0 bridgehead atoms. The van der Waals surface area contributed by atoms with Gasteiger partial charge in [-0.1, -0.05) is 22.4 Å². The van der Waals surface area contributed by atoms with Gasteiger partial charge >= 0.3 is 0 Å². The van der Waals surface area contributed by atoms with E-state index in [0.29, 0.717) is 5.92 Å². The van der Waals surface area contributed by atoms with Gasteiger partial charge in [0.25, 0.3) is 0 Å². The van der Waals surface area contributed by atoms with Gasteiger partial charge in [-0.05, 0) is 19.3 Å². The van der Waals surface area contributed by atoms with Crippen LogP contribution in [0.1, 0.15) is 25.7 Å². The lowest BCUT2D eigenvalue weighted by atomic mass is 10.1. The molecule has 1 saturated heterocycles. The highest BCUT2D eigenvalue weighted by Gasteiger charge is 2.14. The second-order valence-electron chi connectivity index (χ2n) is 3.55. The van der Waals surface area contributed by atoms with Gasteiger partial charge in [0.05, 0.1) is 13.2 Å². The molecule has 1 fully saturated rings. The Labute approximate surface area is 89.1 Å². The van der Waals surface area contributed by atoms with E-state index in [1.807, 2.05) is 0 Å². The van der Waals surface area contributed by atoms with Crippen LogP contribution in [0.25, 0.3) is 0 Å².